The first-order valence-electron chi connectivity index (χ1n) is 11.5. The minimum absolute atomic E-state index is 0.150. The molecule has 1 aromatic heterocycles. The van der Waals surface area contributed by atoms with Crippen LogP contribution in [0, 0.1) is 13.8 Å². The zero-order valence-electron chi connectivity index (χ0n) is 21.0. The van der Waals surface area contributed by atoms with Gasteiger partial charge in [-0.3, -0.25) is 4.57 Å². The van der Waals surface area contributed by atoms with Gasteiger partial charge in [-0.15, -0.1) is 10.2 Å². The third-order valence-electron chi connectivity index (χ3n) is 5.75. The standard InChI is InChI=1S/C27H28ClN5O3S/c1-17-7-5-6-8-19(17)16-37-27-32-31-25(33(27)24-11-20(28)10-9-18(24)2)15-29-26(34)30-21-12-22(35-3)14-23(13-21)36-4/h5-14H,15-16H2,1-4H3,(H2,29,30,34). The van der Waals surface area contributed by atoms with Crippen molar-refractivity contribution >= 4 is 35.1 Å². The fraction of sp³-hybridized carbons (Fsp3) is 0.222. The molecule has 4 rings (SSSR count). The Morgan fingerprint density at radius 1 is 0.973 bits per heavy atom. The third-order valence-corrected chi connectivity index (χ3v) is 6.96. The first-order chi connectivity index (χ1) is 17.9. The van der Waals surface area contributed by atoms with Crippen LogP contribution < -0.4 is 20.1 Å². The van der Waals surface area contributed by atoms with E-state index in [4.69, 9.17) is 21.1 Å². The highest BCUT2D eigenvalue weighted by atomic mass is 35.5. The lowest BCUT2D eigenvalue weighted by molar-refractivity contribution is 0.251. The predicted octanol–water partition coefficient (Wildman–Crippen LogP) is 6.17. The van der Waals surface area contributed by atoms with Crippen molar-refractivity contribution in [3.05, 3.63) is 88.2 Å². The Morgan fingerprint density at radius 2 is 1.70 bits per heavy atom. The van der Waals surface area contributed by atoms with Crippen LogP contribution >= 0.6 is 23.4 Å². The summed E-state index contributed by atoms with van der Waals surface area (Å²) < 4.78 is 12.5. The molecule has 0 atom stereocenters. The molecule has 0 radical (unpaired) electrons. The van der Waals surface area contributed by atoms with Crippen LogP contribution in [0.5, 0.6) is 11.5 Å². The Morgan fingerprint density at radius 3 is 2.41 bits per heavy atom. The van der Waals surface area contributed by atoms with Gasteiger partial charge in [0, 0.05) is 34.7 Å². The molecular weight excluding hydrogens is 510 g/mol. The number of aromatic nitrogens is 3. The number of halogens is 1. The molecule has 8 nitrogen and oxygen atoms in total. The normalized spacial score (nSPS) is 10.7. The number of anilines is 1. The Hall–Kier alpha value is -3.69. The highest BCUT2D eigenvalue weighted by Gasteiger charge is 2.18. The number of carbonyl (C=O) groups excluding carboxylic acids is 1. The maximum absolute atomic E-state index is 12.7. The molecule has 0 aliphatic carbocycles. The number of hydrogen-bond donors (Lipinski definition) is 2. The summed E-state index contributed by atoms with van der Waals surface area (Å²) in [4.78, 5) is 12.7. The van der Waals surface area contributed by atoms with Gasteiger partial charge in [0.2, 0.25) is 0 Å². The zero-order chi connectivity index (χ0) is 26.4. The molecule has 0 bridgehead atoms. The molecule has 3 aromatic carbocycles. The maximum Gasteiger partial charge on any atom is 0.319 e. The van der Waals surface area contributed by atoms with Crippen molar-refractivity contribution in [2.75, 3.05) is 19.5 Å². The van der Waals surface area contributed by atoms with Crippen molar-refractivity contribution in [3.8, 4) is 17.2 Å². The first kappa shape index (κ1) is 26.4. The van der Waals surface area contributed by atoms with Gasteiger partial charge in [-0.2, -0.15) is 0 Å². The van der Waals surface area contributed by atoms with Crippen molar-refractivity contribution in [3.63, 3.8) is 0 Å². The van der Waals surface area contributed by atoms with E-state index < -0.39 is 6.03 Å². The minimum atomic E-state index is -0.401. The van der Waals surface area contributed by atoms with Crippen molar-refractivity contribution in [2.45, 2.75) is 31.3 Å². The van der Waals surface area contributed by atoms with E-state index in [0.717, 1.165) is 17.0 Å². The van der Waals surface area contributed by atoms with E-state index in [2.05, 4.69) is 39.9 Å². The van der Waals surface area contributed by atoms with E-state index in [9.17, 15) is 4.79 Å². The van der Waals surface area contributed by atoms with Crippen LogP contribution in [0.1, 0.15) is 22.5 Å². The van der Waals surface area contributed by atoms with Crippen LogP contribution in [0.2, 0.25) is 5.02 Å². The maximum atomic E-state index is 12.7. The number of hydrogen-bond acceptors (Lipinski definition) is 6. The second-order valence-electron chi connectivity index (χ2n) is 8.29. The molecule has 10 heteroatoms. The second kappa shape index (κ2) is 12.0. The van der Waals surface area contributed by atoms with Crippen LogP contribution in [0.3, 0.4) is 0 Å². The number of carbonyl (C=O) groups is 1. The van der Waals surface area contributed by atoms with E-state index in [-0.39, 0.29) is 6.54 Å². The number of ether oxygens (including phenoxy) is 2. The molecule has 192 valence electrons. The van der Waals surface area contributed by atoms with Crippen molar-refractivity contribution in [2.24, 2.45) is 0 Å². The summed E-state index contributed by atoms with van der Waals surface area (Å²) >= 11 is 7.92. The quantitative estimate of drug-likeness (QED) is 0.248. The fourth-order valence-corrected chi connectivity index (χ4v) is 4.91. The van der Waals surface area contributed by atoms with Gasteiger partial charge >= 0.3 is 6.03 Å². The number of aryl methyl sites for hydroxylation is 2. The SMILES string of the molecule is COc1cc(NC(=O)NCc2nnc(SCc3ccccc3C)n2-c2cc(Cl)ccc2C)cc(OC)c1. The molecule has 1 heterocycles. The highest BCUT2D eigenvalue weighted by molar-refractivity contribution is 7.98. The largest absolute Gasteiger partial charge is 0.497 e. The summed E-state index contributed by atoms with van der Waals surface area (Å²) in [5, 5.41) is 15.8. The van der Waals surface area contributed by atoms with Gasteiger partial charge in [0.05, 0.1) is 26.5 Å². The summed E-state index contributed by atoms with van der Waals surface area (Å²) in [6.07, 6.45) is 0. The molecule has 4 aromatic rings. The molecule has 37 heavy (non-hydrogen) atoms. The van der Waals surface area contributed by atoms with Gasteiger partial charge in [-0.25, -0.2) is 4.79 Å². The number of nitrogens with zero attached hydrogens (tertiary/aromatic N) is 3. The minimum Gasteiger partial charge on any atom is -0.497 e. The topological polar surface area (TPSA) is 90.3 Å². The van der Waals surface area contributed by atoms with Gasteiger partial charge in [0.15, 0.2) is 11.0 Å². The number of amides is 2. The number of methoxy groups -OCH3 is 2. The van der Waals surface area contributed by atoms with Crippen LogP contribution in [-0.4, -0.2) is 35.0 Å². The molecule has 0 aliphatic heterocycles. The Balaban J connectivity index is 1.56. The fourth-order valence-electron chi connectivity index (χ4n) is 3.70. The van der Waals surface area contributed by atoms with Gasteiger partial charge in [0.1, 0.15) is 11.5 Å². The first-order valence-corrected chi connectivity index (χ1v) is 12.9. The van der Waals surface area contributed by atoms with Crippen LogP contribution in [0.15, 0.2) is 65.8 Å². The molecule has 0 saturated carbocycles. The summed E-state index contributed by atoms with van der Waals surface area (Å²) in [6.45, 7) is 4.24. The Kier molecular flexibility index (Phi) is 8.58. The van der Waals surface area contributed by atoms with E-state index in [1.54, 1.807) is 44.2 Å². The summed E-state index contributed by atoms with van der Waals surface area (Å²) in [5.41, 5.74) is 4.84. The van der Waals surface area contributed by atoms with Gasteiger partial charge in [0.25, 0.3) is 0 Å². The van der Waals surface area contributed by atoms with E-state index >= 15 is 0 Å². The van der Waals surface area contributed by atoms with E-state index in [0.29, 0.717) is 33.2 Å². The molecule has 0 fully saturated rings. The number of thioether (sulfide) groups is 1. The van der Waals surface area contributed by atoms with Crippen molar-refractivity contribution in [1.29, 1.82) is 0 Å². The molecular formula is C27H28ClN5O3S. The average Bonchev–Trinajstić information content (AvgIpc) is 3.30. The van der Waals surface area contributed by atoms with Gasteiger partial charge in [-0.1, -0.05) is 53.7 Å². The van der Waals surface area contributed by atoms with Crippen LogP contribution in [-0.2, 0) is 12.3 Å². The predicted molar refractivity (Wildman–Crippen MR) is 147 cm³/mol. The van der Waals surface area contributed by atoms with Gasteiger partial charge in [-0.05, 0) is 42.7 Å². The Bertz CT molecular complexity index is 1390. The smallest absolute Gasteiger partial charge is 0.319 e. The summed E-state index contributed by atoms with van der Waals surface area (Å²) in [6, 6.07) is 18.7. The molecule has 2 amide bonds. The van der Waals surface area contributed by atoms with Crippen molar-refractivity contribution in [1.82, 2.24) is 20.1 Å². The lowest BCUT2D eigenvalue weighted by Gasteiger charge is -2.14. The molecule has 0 spiro atoms. The second-order valence-corrected chi connectivity index (χ2v) is 9.67. The number of benzene rings is 3. The summed E-state index contributed by atoms with van der Waals surface area (Å²) in [7, 11) is 3.11. The lowest BCUT2D eigenvalue weighted by atomic mass is 10.1. The molecule has 0 unspecified atom stereocenters. The van der Waals surface area contributed by atoms with Gasteiger partial charge < -0.3 is 20.1 Å². The average molecular weight is 538 g/mol. The number of rotatable bonds is 9. The van der Waals surface area contributed by atoms with Crippen molar-refractivity contribution < 1.29 is 14.3 Å². The molecule has 0 saturated heterocycles. The van der Waals surface area contributed by atoms with E-state index in [1.807, 2.05) is 41.8 Å². The molecule has 0 aliphatic rings. The number of nitrogens with one attached hydrogen (secondary N) is 2. The zero-order valence-corrected chi connectivity index (χ0v) is 22.6. The third kappa shape index (κ3) is 6.55. The Labute approximate surface area is 225 Å². The summed E-state index contributed by atoms with van der Waals surface area (Å²) in [5.74, 6) is 2.45. The molecule has 2 N–H and O–H groups in total. The number of urea groups is 1. The van der Waals surface area contributed by atoms with E-state index in [1.165, 1.54) is 11.1 Å². The monoisotopic (exact) mass is 537 g/mol. The lowest BCUT2D eigenvalue weighted by Crippen LogP contribution is -2.29. The highest BCUT2D eigenvalue weighted by Crippen LogP contribution is 2.29. The van der Waals surface area contributed by atoms with Crippen LogP contribution in [0.25, 0.3) is 5.69 Å². The van der Waals surface area contributed by atoms with Crippen LogP contribution in [0.4, 0.5) is 10.5 Å².